The summed E-state index contributed by atoms with van der Waals surface area (Å²) in [6.07, 6.45) is 0.827. The van der Waals surface area contributed by atoms with Crippen LogP contribution >= 0.6 is 23.2 Å². The van der Waals surface area contributed by atoms with Gasteiger partial charge in [0.05, 0.1) is 11.6 Å². The number of halogens is 2. The van der Waals surface area contributed by atoms with Gasteiger partial charge in [0.1, 0.15) is 11.9 Å². The molecule has 0 spiro atoms. The zero-order valence-corrected chi connectivity index (χ0v) is 13.8. The van der Waals surface area contributed by atoms with Gasteiger partial charge in [-0.15, -0.1) is 0 Å². The summed E-state index contributed by atoms with van der Waals surface area (Å²) in [5, 5.41) is 4.24. The van der Waals surface area contributed by atoms with Crippen molar-refractivity contribution in [1.29, 1.82) is 0 Å². The maximum atomic E-state index is 6.13. The largest absolute Gasteiger partial charge is 0.486 e. The molecule has 5 heteroatoms. The summed E-state index contributed by atoms with van der Waals surface area (Å²) in [6.45, 7) is 6.40. The third-order valence-corrected chi connectivity index (χ3v) is 3.19. The van der Waals surface area contributed by atoms with Gasteiger partial charge >= 0.3 is 0 Å². The van der Waals surface area contributed by atoms with Crippen molar-refractivity contribution in [2.75, 3.05) is 26.8 Å². The molecule has 0 saturated heterocycles. The Bertz CT molecular complexity index is 399. The van der Waals surface area contributed by atoms with E-state index in [1.807, 2.05) is 7.05 Å². The van der Waals surface area contributed by atoms with E-state index in [0.717, 1.165) is 19.6 Å². The van der Waals surface area contributed by atoms with E-state index in [-0.39, 0.29) is 6.10 Å². The molecule has 0 aromatic heterocycles. The van der Waals surface area contributed by atoms with E-state index in [1.165, 1.54) is 0 Å². The predicted molar refractivity (Wildman–Crippen MR) is 85.1 cm³/mol. The maximum absolute atomic E-state index is 6.13. The summed E-state index contributed by atoms with van der Waals surface area (Å²) in [5.41, 5.74) is 0. The van der Waals surface area contributed by atoms with Crippen molar-refractivity contribution in [3.05, 3.63) is 28.2 Å². The molecule has 20 heavy (non-hydrogen) atoms. The molecule has 3 nitrogen and oxygen atoms in total. The maximum Gasteiger partial charge on any atom is 0.138 e. The minimum absolute atomic E-state index is 0.0279. The summed E-state index contributed by atoms with van der Waals surface area (Å²) in [5.74, 6) is 1.16. The highest BCUT2D eigenvalue weighted by Crippen LogP contribution is 2.28. The average molecular weight is 320 g/mol. The molecule has 0 fully saturated rings. The lowest BCUT2D eigenvalue weighted by molar-refractivity contribution is 0.0345. The molecule has 0 saturated carbocycles. The van der Waals surface area contributed by atoms with Gasteiger partial charge in [-0.2, -0.15) is 0 Å². The van der Waals surface area contributed by atoms with Crippen molar-refractivity contribution >= 4 is 23.2 Å². The summed E-state index contributed by atoms with van der Waals surface area (Å²) >= 11 is 12.0. The van der Waals surface area contributed by atoms with Gasteiger partial charge in [-0.25, -0.2) is 0 Å². The minimum atomic E-state index is -0.0279. The third-order valence-electron chi connectivity index (χ3n) is 2.66. The first-order chi connectivity index (χ1) is 9.52. The topological polar surface area (TPSA) is 30.5 Å². The molecular weight excluding hydrogens is 297 g/mol. The van der Waals surface area contributed by atoms with E-state index in [1.54, 1.807) is 18.2 Å². The monoisotopic (exact) mass is 319 g/mol. The van der Waals surface area contributed by atoms with Gasteiger partial charge in [0.2, 0.25) is 0 Å². The highest BCUT2D eigenvalue weighted by Gasteiger charge is 2.13. The first-order valence-electron chi connectivity index (χ1n) is 6.87. The second-order valence-electron chi connectivity index (χ2n) is 5.14. The van der Waals surface area contributed by atoms with Crippen molar-refractivity contribution in [3.63, 3.8) is 0 Å². The van der Waals surface area contributed by atoms with Gasteiger partial charge in [0.25, 0.3) is 0 Å². The quantitative estimate of drug-likeness (QED) is 0.745. The van der Waals surface area contributed by atoms with Gasteiger partial charge in [-0.3, -0.25) is 0 Å². The van der Waals surface area contributed by atoms with Crippen LogP contribution in [-0.4, -0.2) is 32.9 Å². The lowest BCUT2D eigenvalue weighted by Crippen LogP contribution is -2.28. The molecule has 1 aromatic carbocycles. The van der Waals surface area contributed by atoms with Gasteiger partial charge in [-0.1, -0.05) is 37.0 Å². The van der Waals surface area contributed by atoms with Crippen molar-refractivity contribution in [2.45, 2.75) is 26.4 Å². The van der Waals surface area contributed by atoms with Gasteiger partial charge in [0, 0.05) is 11.6 Å². The van der Waals surface area contributed by atoms with E-state index in [0.29, 0.717) is 28.3 Å². The second kappa shape index (κ2) is 9.46. The molecule has 1 aromatic rings. The van der Waals surface area contributed by atoms with Crippen LogP contribution in [-0.2, 0) is 4.74 Å². The molecule has 114 valence electrons. The normalized spacial score (nSPS) is 12.7. The molecule has 0 heterocycles. The van der Waals surface area contributed by atoms with Crippen LogP contribution in [0.2, 0.25) is 10.0 Å². The third kappa shape index (κ3) is 6.80. The smallest absolute Gasteiger partial charge is 0.138 e. The molecule has 1 atom stereocenters. The molecule has 0 amide bonds. The van der Waals surface area contributed by atoms with Gasteiger partial charge < -0.3 is 14.8 Å². The van der Waals surface area contributed by atoms with Crippen LogP contribution in [0.1, 0.15) is 20.3 Å². The number of benzene rings is 1. The SMILES string of the molecule is CNCCC(COCC(C)C)Oc1ccc(Cl)cc1Cl. The lowest BCUT2D eigenvalue weighted by atomic mass is 10.2. The van der Waals surface area contributed by atoms with Gasteiger partial charge in [-0.05, 0) is 44.1 Å². The Morgan fingerprint density at radius 2 is 1.95 bits per heavy atom. The van der Waals surface area contributed by atoms with Crippen molar-refractivity contribution in [1.82, 2.24) is 5.32 Å². The van der Waals surface area contributed by atoms with Crippen LogP contribution in [0.15, 0.2) is 18.2 Å². The zero-order valence-electron chi connectivity index (χ0n) is 12.3. The van der Waals surface area contributed by atoms with Crippen molar-refractivity contribution in [3.8, 4) is 5.75 Å². The fraction of sp³-hybridized carbons (Fsp3) is 0.600. The Morgan fingerprint density at radius 1 is 1.20 bits per heavy atom. The molecule has 1 unspecified atom stereocenters. The van der Waals surface area contributed by atoms with Crippen LogP contribution in [0.25, 0.3) is 0 Å². The fourth-order valence-electron chi connectivity index (χ4n) is 1.67. The van der Waals surface area contributed by atoms with Crippen molar-refractivity contribution in [2.24, 2.45) is 5.92 Å². The Kier molecular flexibility index (Phi) is 8.31. The fourth-order valence-corrected chi connectivity index (χ4v) is 2.12. The molecule has 0 radical (unpaired) electrons. The van der Waals surface area contributed by atoms with E-state index in [4.69, 9.17) is 32.7 Å². The molecule has 0 aliphatic rings. The molecule has 0 aliphatic heterocycles. The van der Waals surface area contributed by atoms with Crippen LogP contribution in [0.4, 0.5) is 0 Å². The molecule has 0 aliphatic carbocycles. The summed E-state index contributed by atoms with van der Waals surface area (Å²) in [7, 11) is 1.92. The highest BCUT2D eigenvalue weighted by atomic mass is 35.5. The Balaban J connectivity index is 2.58. The number of nitrogens with one attached hydrogen (secondary N) is 1. The van der Waals surface area contributed by atoms with Crippen LogP contribution in [0, 0.1) is 5.92 Å². The molecular formula is C15H23Cl2NO2. The van der Waals surface area contributed by atoms with Crippen LogP contribution < -0.4 is 10.1 Å². The first-order valence-corrected chi connectivity index (χ1v) is 7.62. The molecule has 1 rings (SSSR count). The Hall–Kier alpha value is -0.480. The zero-order chi connectivity index (χ0) is 15.0. The average Bonchev–Trinajstić information content (AvgIpc) is 2.38. The van der Waals surface area contributed by atoms with Gasteiger partial charge in [0.15, 0.2) is 0 Å². The second-order valence-corrected chi connectivity index (χ2v) is 5.98. The van der Waals surface area contributed by atoms with E-state index in [2.05, 4.69) is 19.2 Å². The van der Waals surface area contributed by atoms with Crippen LogP contribution in [0.3, 0.4) is 0 Å². The summed E-state index contributed by atoms with van der Waals surface area (Å²) in [6, 6.07) is 5.24. The predicted octanol–water partition coefficient (Wildman–Crippen LogP) is 4.02. The Morgan fingerprint density at radius 3 is 2.55 bits per heavy atom. The molecule has 1 N–H and O–H groups in total. The van der Waals surface area contributed by atoms with Crippen molar-refractivity contribution < 1.29 is 9.47 Å². The first kappa shape index (κ1) is 17.6. The summed E-state index contributed by atoms with van der Waals surface area (Å²) < 4.78 is 11.6. The number of ether oxygens (including phenoxy) is 2. The van der Waals surface area contributed by atoms with Crippen LogP contribution in [0.5, 0.6) is 5.75 Å². The van der Waals surface area contributed by atoms with E-state index in [9.17, 15) is 0 Å². The van der Waals surface area contributed by atoms with E-state index < -0.39 is 0 Å². The number of hydrogen-bond acceptors (Lipinski definition) is 3. The highest BCUT2D eigenvalue weighted by molar-refractivity contribution is 6.35. The Labute approximate surface area is 131 Å². The summed E-state index contributed by atoms with van der Waals surface area (Å²) in [4.78, 5) is 0. The lowest BCUT2D eigenvalue weighted by Gasteiger charge is -2.20. The number of hydrogen-bond donors (Lipinski definition) is 1. The molecule has 0 bridgehead atoms. The number of rotatable bonds is 9. The standard InChI is InChI=1S/C15H23Cl2NO2/c1-11(2)9-19-10-13(6-7-18-3)20-15-5-4-12(16)8-14(15)17/h4-5,8,11,13,18H,6-7,9-10H2,1-3H3. The van der Waals surface area contributed by atoms with E-state index >= 15 is 0 Å². The minimum Gasteiger partial charge on any atom is -0.486 e.